The van der Waals surface area contributed by atoms with Gasteiger partial charge in [-0.05, 0) is 12.8 Å². The Morgan fingerprint density at radius 1 is 1.06 bits per heavy atom. The second-order valence-electron chi connectivity index (χ2n) is 5.26. The lowest BCUT2D eigenvalue weighted by atomic mass is 10.2. The van der Waals surface area contributed by atoms with Gasteiger partial charge in [0.2, 0.25) is 0 Å². The quantitative estimate of drug-likeness (QED) is 0.849. The maximum atomic E-state index is 5.68. The molecule has 1 aliphatic heterocycles. The Balaban J connectivity index is 1.59. The predicted molar refractivity (Wildman–Crippen MR) is 72.5 cm³/mol. The van der Waals surface area contributed by atoms with E-state index in [1.165, 1.54) is 25.7 Å². The number of nitrogens with two attached hydrogens (primary N) is 1. The van der Waals surface area contributed by atoms with Crippen molar-refractivity contribution in [2.24, 2.45) is 0 Å². The van der Waals surface area contributed by atoms with Crippen molar-refractivity contribution in [3.8, 4) is 0 Å². The maximum Gasteiger partial charge on any atom is 0.149 e. The Morgan fingerprint density at radius 3 is 2.44 bits per heavy atom. The van der Waals surface area contributed by atoms with Gasteiger partial charge >= 0.3 is 0 Å². The molecule has 0 bridgehead atoms. The summed E-state index contributed by atoms with van der Waals surface area (Å²) in [6.07, 6.45) is 8.99. The molecule has 18 heavy (non-hydrogen) atoms. The number of hydrogen-bond acceptors (Lipinski definition) is 5. The molecule has 1 saturated heterocycles. The first kappa shape index (κ1) is 11.7. The molecule has 5 heteroatoms. The first-order valence-corrected chi connectivity index (χ1v) is 6.89. The van der Waals surface area contributed by atoms with Crippen molar-refractivity contribution in [1.29, 1.82) is 0 Å². The molecule has 0 atom stereocenters. The Hall–Kier alpha value is -1.36. The molecule has 2 fully saturated rings. The highest BCUT2D eigenvalue weighted by Gasteiger charge is 2.26. The van der Waals surface area contributed by atoms with Gasteiger partial charge in [0, 0.05) is 32.2 Å². The lowest BCUT2D eigenvalue weighted by Gasteiger charge is -2.38. The SMILES string of the molecule is Nc1cncc(N2CCN(C3CCCC3)CC2)n1. The van der Waals surface area contributed by atoms with E-state index in [1.807, 2.05) is 6.20 Å². The van der Waals surface area contributed by atoms with Crippen molar-refractivity contribution >= 4 is 11.6 Å². The largest absolute Gasteiger partial charge is 0.382 e. The van der Waals surface area contributed by atoms with Crippen molar-refractivity contribution < 1.29 is 0 Å². The van der Waals surface area contributed by atoms with Crippen molar-refractivity contribution in [1.82, 2.24) is 14.9 Å². The lowest BCUT2D eigenvalue weighted by molar-refractivity contribution is 0.187. The summed E-state index contributed by atoms with van der Waals surface area (Å²) in [4.78, 5) is 13.4. The van der Waals surface area contributed by atoms with Crippen molar-refractivity contribution in [3.05, 3.63) is 12.4 Å². The number of anilines is 2. The van der Waals surface area contributed by atoms with Crippen LogP contribution >= 0.6 is 0 Å². The van der Waals surface area contributed by atoms with Crippen LogP contribution < -0.4 is 10.6 Å². The Morgan fingerprint density at radius 2 is 1.78 bits per heavy atom. The molecule has 3 rings (SSSR count). The van der Waals surface area contributed by atoms with E-state index in [0.717, 1.165) is 38.0 Å². The second-order valence-corrected chi connectivity index (χ2v) is 5.26. The molecular formula is C13H21N5. The van der Waals surface area contributed by atoms with E-state index in [9.17, 15) is 0 Å². The van der Waals surface area contributed by atoms with Gasteiger partial charge in [-0.1, -0.05) is 12.8 Å². The average molecular weight is 247 g/mol. The number of nitrogens with zero attached hydrogens (tertiary/aromatic N) is 4. The van der Waals surface area contributed by atoms with Gasteiger partial charge in [0.05, 0.1) is 12.4 Å². The number of aromatic nitrogens is 2. The van der Waals surface area contributed by atoms with Crippen molar-refractivity contribution in [2.45, 2.75) is 31.7 Å². The summed E-state index contributed by atoms with van der Waals surface area (Å²) in [7, 11) is 0. The zero-order valence-electron chi connectivity index (χ0n) is 10.8. The number of hydrogen-bond donors (Lipinski definition) is 1. The smallest absolute Gasteiger partial charge is 0.149 e. The van der Waals surface area contributed by atoms with E-state index in [4.69, 9.17) is 5.73 Å². The molecule has 2 N–H and O–H groups in total. The highest BCUT2D eigenvalue weighted by Crippen LogP contribution is 2.25. The number of rotatable bonds is 2. The molecule has 0 amide bonds. The van der Waals surface area contributed by atoms with Gasteiger partial charge in [-0.25, -0.2) is 4.98 Å². The summed E-state index contributed by atoms with van der Waals surface area (Å²) in [5.74, 6) is 1.42. The summed E-state index contributed by atoms with van der Waals surface area (Å²) >= 11 is 0. The summed E-state index contributed by atoms with van der Waals surface area (Å²) in [6, 6.07) is 0.832. The first-order valence-electron chi connectivity index (χ1n) is 6.89. The Labute approximate surface area is 108 Å². The minimum Gasteiger partial charge on any atom is -0.382 e. The normalized spacial score (nSPS) is 22.6. The molecule has 1 saturated carbocycles. The first-order chi connectivity index (χ1) is 8.83. The van der Waals surface area contributed by atoms with Gasteiger partial charge in [0.15, 0.2) is 0 Å². The fourth-order valence-electron chi connectivity index (χ4n) is 3.11. The standard InChI is InChI=1S/C13H21N5/c14-12-9-15-10-13(16-12)18-7-5-17(6-8-18)11-3-1-2-4-11/h9-11H,1-8H2,(H2,14,16). The van der Waals surface area contributed by atoms with Crippen LogP contribution in [0.5, 0.6) is 0 Å². The van der Waals surface area contributed by atoms with Gasteiger partial charge in [0.25, 0.3) is 0 Å². The van der Waals surface area contributed by atoms with E-state index >= 15 is 0 Å². The van der Waals surface area contributed by atoms with Gasteiger partial charge in [-0.2, -0.15) is 0 Å². The molecule has 2 aliphatic rings. The van der Waals surface area contributed by atoms with Crippen LogP contribution in [0.4, 0.5) is 11.6 Å². The summed E-state index contributed by atoms with van der Waals surface area (Å²) < 4.78 is 0. The van der Waals surface area contributed by atoms with Gasteiger partial charge in [0.1, 0.15) is 11.6 Å². The van der Waals surface area contributed by atoms with E-state index in [1.54, 1.807) is 6.20 Å². The highest BCUT2D eigenvalue weighted by molar-refractivity contribution is 5.41. The van der Waals surface area contributed by atoms with Gasteiger partial charge in [-0.3, -0.25) is 9.88 Å². The fraction of sp³-hybridized carbons (Fsp3) is 0.692. The molecule has 1 aromatic rings. The van der Waals surface area contributed by atoms with Crippen LogP contribution in [0.25, 0.3) is 0 Å². The van der Waals surface area contributed by atoms with Crippen LogP contribution in [-0.2, 0) is 0 Å². The zero-order valence-corrected chi connectivity index (χ0v) is 10.8. The van der Waals surface area contributed by atoms with E-state index in [-0.39, 0.29) is 0 Å². The van der Waals surface area contributed by atoms with Crippen LogP contribution in [0.15, 0.2) is 12.4 Å². The predicted octanol–water partition coefficient (Wildman–Crippen LogP) is 1.12. The molecule has 1 aromatic heterocycles. The molecule has 0 aromatic carbocycles. The summed E-state index contributed by atoms with van der Waals surface area (Å²) in [5.41, 5.74) is 5.68. The molecule has 2 heterocycles. The molecule has 5 nitrogen and oxygen atoms in total. The average Bonchev–Trinajstić information content (AvgIpc) is 2.93. The van der Waals surface area contributed by atoms with Crippen LogP contribution in [-0.4, -0.2) is 47.1 Å². The number of piperazine rings is 1. The topological polar surface area (TPSA) is 58.3 Å². The third-order valence-electron chi connectivity index (χ3n) is 4.12. The molecule has 0 radical (unpaired) electrons. The van der Waals surface area contributed by atoms with E-state index < -0.39 is 0 Å². The zero-order chi connectivity index (χ0) is 12.4. The maximum absolute atomic E-state index is 5.68. The van der Waals surface area contributed by atoms with Crippen LogP contribution in [0.2, 0.25) is 0 Å². The van der Waals surface area contributed by atoms with E-state index in [2.05, 4.69) is 19.8 Å². The second kappa shape index (κ2) is 5.10. The number of nitrogen functional groups attached to an aromatic ring is 1. The third kappa shape index (κ3) is 2.41. The molecule has 98 valence electrons. The van der Waals surface area contributed by atoms with Crippen LogP contribution in [0, 0.1) is 0 Å². The Kier molecular flexibility index (Phi) is 3.32. The molecular weight excluding hydrogens is 226 g/mol. The van der Waals surface area contributed by atoms with Crippen molar-refractivity contribution in [3.63, 3.8) is 0 Å². The lowest BCUT2D eigenvalue weighted by Crippen LogP contribution is -2.50. The molecule has 0 spiro atoms. The highest BCUT2D eigenvalue weighted by atomic mass is 15.3. The van der Waals surface area contributed by atoms with Gasteiger partial charge < -0.3 is 10.6 Å². The van der Waals surface area contributed by atoms with Gasteiger partial charge in [-0.15, -0.1) is 0 Å². The minimum atomic E-state index is 0.505. The third-order valence-corrected chi connectivity index (χ3v) is 4.12. The van der Waals surface area contributed by atoms with Crippen LogP contribution in [0.3, 0.4) is 0 Å². The minimum absolute atomic E-state index is 0.505. The molecule has 0 unspecified atom stereocenters. The van der Waals surface area contributed by atoms with Crippen molar-refractivity contribution in [2.75, 3.05) is 36.8 Å². The van der Waals surface area contributed by atoms with E-state index in [0.29, 0.717) is 5.82 Å². The molecule has 1 aliphatic carbocycles. The summed E-state index contributed by atoms with van der Waals surface area (Å²) in [5, 5.41) is 0. The fourth-order valence-corrected chi connectivity index (χ4v) is 3.11. The van der Waals surface area contributed by atoms with Crippen LogP contribution in [0.1, 0.15) is 25.7 Å². The Bertz CT molecular complexity index is 394. The monoisotopic (exact) mass is 247 g/mol. The summed E-state index contributed by atoms with van der Waals surface area (Å²) in [6.45, 7) is 4.35.